The van der Waals surface area contributed by atoms with Crippen molar-refractivity contribution in [2.24, 2.45) is 0 Å². The SMILES string of the molecule is CCCCNC(=O)COC(=O)Cc1coc2cc(C)c(C)cc12. The minimum Gasteiger partial charge on any atom is -0.464 e. The standard InChI is InChI=1S/C18H23NO4/c1-4-5-6-19-17(20)11-23-18(21)9-14-10-22-16-8-13(3)12(2)7-15(14)16/h7-8,10H,4-6,9,11H2,1-3H3,(H,19,20). The van der Waals surface area contributed by atoms with Crippen LogP contribution in [-0.4, -0.2) is 25.0 Å². The van der Waals surface area contributed by atoms with Crippen LogP contribution < -0.4 is 5.32 Å². The van der Waals surface area contributed by atoms with E-state index in [1.54, 1.807) is 6.26 Å². The first-order valence-electron chi connectivity index (χ1n) is 7.91. The molecule has 124 valence electrons. The Kier molecular flexibility index (Phi) is 5.79. The van der Waals surface area contributed by atoms with E-state index in [0.29, 0.717) is 6.54 Å². The van der Waals surface area contributed by atoms with Crippen molar-refractivity contribution in [1.29, 1.82) is 0 Å². The maximum Gasteiger partial charge on any atom is 0.310 e. The zero-order valence-corrected chi connectivity index (χ0v) is 13.9. The van der Waals surface area contributed by atoms with Crippen molar-refractivity contribution in [2.75, 3.05) is 13.2 Å². The van der Waals surface area contributed by atoms with Gasteiger partial charge in [-0.3, -0.25) is 9.59 Å². The first-order chi connectivity index (χ1) is 11.0. The fraction of sp³-hybridized carbons (Fsp3) is 0.444. The van der Waals surface area contributed by atoms with Gasteiger partial charge < -0.3 is 14.5 Å². The van der Waals surface area contributed by atoms with Crippen molar-refractivity contribution >= 4 is 22.8 Å². The van der Waals surface area contributed by atoms with Crippen LogP contribution in [0.15, 0.2) is 22.8 Å². The molecule has 0 aliphatic carbocycles. The Morgan fingerprint density at radius 3 is 2.70 bits per heavy atom. The fourth-order valence-corrected chi connectivity index (χ4v) is 2.28. The number of fused-ring (bicyclic) bond motifs is 1. The molecule has 0 saturated carbocycles. The zero-order chi connectivity index (χ0) is 16.8. The van der Waals surface area contributed by atoms with Crippen molar-refractivity contribution in [3.05, 3.63) is 35.1 Å². The first kappa shape index (κ1) is 17.1. The smallest absolute Gasteiger partial charge is 0.310 e. The van der Waals surface area contributed by atoms with E-state index in [0.717, 1.165) is 40.5 Å². The van der Waals surface area contributed by atoms with Crippen LogP contribution in [0.2, 0.25) is 0 Å². The van der Waals surface area contributed by atoms with Crippen molar-refractivity contribution in [1.82, 2.24) is 5.32 Å². The Hall–Kier alpha value is -2.30. The molecule has 2 aromatic rings. The van der Waals surface area contributed by atoms with Gasteiger partial charge in [-0.15, -0.1) is 0 Å². The third-order valence-corrected chi connectivity index (χ3v) is 3.82. The Labute approximate surface area is 136 Å². The number of nitrogens with one attached hydrogen (secondary N) is 1. The molecule has 0 bridgehead atoms. The second-order valence-corrected chi connectivity index (χ2v) is 5.73. The van der Waals surface area contributed by atoms with Gasteiger partial charge in [0.2, 0.25) is 0 Å². The Morgan fingerprint density at radius 2 is 1.96 bits per heavy atom. The van der Waals surface area contributed by atoms with Gasteiger partial charge in [0.25, 0.3) is 5.91 Å². The van der Waals surface area contributed by atoms with Gasteiger partial charge in [-0.2, -0.15) is 0 Å². The molecular weight excluding hydrogens is 294 g/mol. The van der Waals surface area contributed by atoms with Gasteiger partial charge in [-0.05, 0) is 43.5 Å². The summed E-state index contributed by atoms with van der Waals surface area (Å²) < 4.78 is 10.5. The van der Waals surface area contributed by atoms with E-state index in [-0.39, 0.29) is 18.9 Å². The zero-order valence-electron chi connectivity index (χ0n) is 13.9. The Morgan fingerprint density at radius 1 is 1.22 bits per heavy atom. The van der Waals surface area contributed by atoms with E-state index in [1.807, 2.05) is 32.9 Å². The molecule has 0 saturated heterocycles. The van der Waals surface area contributed by atoms with E-state index in [9.17, 15) is 9.59 Å². The minimum atomic E-state index is -0.434. The highest BCUT2D eigenvalue weighted by molar-refractivity contribution is 5.87. The molecule has 0 unspecified atom stereocenters. The quantitative estimate of drug-likeness (QED) is 0.629. The van der Waals surface area contributed by atoms with Crippen LogP contribution in [0, 0.1) is 13.8 Å². The molecule has 5 nitrogen and oxygen atoms in total. The molecule has 0 fully saturated rings. The number of hydrogen-bond donors (Lipinski definition) is 1. The van der Waals surface area contributed by atoms with E-state index in [1.165, 1.54) is 0 Å². The Balaban J connectivity index is 1.91. The van der Waals surface area contributed by atoms with Gasteiger partial charge in [-0.1, -0.05) is 13.3 Å². The predicted molar refractivity (Wildman–Crippen MR) is 88.3 cm³/mol. The average Bonchev–Trinajstić information content (AvgIpc) is 2.88. The summed E-state index contributed by atoms with van der Waals surface area (Å²) in [6.07, 6.45) is 3.59. The lowest BCUT2D eigenvalue weighted by atomic mass is 10.0. The summed E-state index contributed by atoms with van der Waals surface area (Å²) >= 11 is 0. The summed E-state index contributed by atoms with van der Waals surface area (Å²) in [4.78, 5) is 23.4. The van der Waals surface area contributed by atoms with Crippen molar-refractivity contribution in [3.63, 3.8) is 0 Å². The van der Waals surface area contributed by atoms with Crippen LogP contribution in [0.5, 0.6) is 0 Å². The lowest BCUT2D eigenvalue weighted by Crippen LogP contribution is -2.29. The maximum absolute atomic E-state index is 11.9. The highest BCUT2D eigenvalue weighted by atomic mass is 16.5. The first-order valence-corrected chi connectivity index (χ1v) is 7.91. The van der Waals surface area contributed by atoms with E-state index >= 15 is 0 Å². The summed E-state index contributed by atoms with van der Waals surface area (Å²) in [6, 6.07) is 3.97. The molecule has 0 spiro atoms. The monoisotopic (exact) mass is 317 g/mol. The number of esters is 1. The second-order valence-electron chi connectivity index (χ2n) is 5.73. The summed E-state index contributed by atoms with van der Waals surface area (Å²) in [6.45, 7) is 6.45. The minimum absolute atomic E-state index is 0.0950. The maximum atomic E-state index is 11.9. The lowest BCUT2D eigenvalue weighted by Gasteiger charge is -2.06. The van der Waals surface area contributed by atoms with E-state index in [4.69, 9.17) is 9.15 Å². The summed E-state index contributed by atoms with van der Waals surface area (Å²) in [5.41, 5.74) is 3.82. The summed E-state index contributed by atoms with van der Waals surface area (Å²) in [7, 11) is 0. The molecular formula is C18H23NO4. The number of amides is 1. The number of unbranched alkanes of at least 4 members (excludes halogenated alkanes) is 1. The van der Waals surface area contributed by atoms with E-state index in [2.05, 4.69) is 5.32 Å². The van der Waals surface area contributed by atoms with Crippen LogP contribution in [0.4, 0.5) is 0 Å². The second kappa shape index (κ2) is 7.81. The van der Waals surface area contributed by atoms with E-state index < -0.39 is 5.97 Å². The molecule has 5 heteroatoms. The number of carbonyl (C=O) groups is 2. The van der Waals surface area contributed by atoms with Gasteiger partial charge in [0.1, 0.15) is 5.58 Å². The number of aryl methyl sites for hydroxylation is 2. The molecule has 0 aliphatic heterocycles. The molecule has 1 aromatic carbocycles. The van der Waals surface area contributed by atoms with Crippen LogP contribution in [-0.2, 0) is 20.7 Å². The van der Waals surface area contributed by atoms with Crippen LogP contribution in [0.25, 0.3) is 11.0 Å². The normalized spacial score (nSPS) is 10.7. The molecule has 1 amide bonds. The molecule has 1 heterocycles. The summed E-state index contributed by atoms with van der Waals surface area (Å²) in [5.74, 6) is -0.702. The van der Waals surface area contributed by atoms with Gasteiger partial charge in [0, 0.05) is 17.5 Å². The molecule has 0 aliphatic rings. The van der Waals surface area contributed by atoms with Gasteiger partial charge in [0.15, 0.2) is 6.61 Å². The molecule has 0 radical (unpaired) electrons. The van der Waals surface area contributed by atoms with Crippen LogP contribution in [0.3, 0.4) is 0 Å². The number of hydrogen-bond acceptors (Lipinski definition) is 4. The lowest BCUT2D eigenvalue weighted by molar-refractivity contribution is -0.147. The fourth-order valence-electron chi connectivity index (χ4n) is 2.28. The molecule has 1 aromatic heterocycles. The highest BCUT2D eigenvalue weighted by Crippen LogP contribution is 2.25. The topological polar surface area (TPSA) is 68.5 Å². The van der Waals surface area contributed by atoms with Crippen molar-refractivity contribution in [2.45, 2.75) is 40.0 Å². The molecule has 23 heavy (non-hydrogen) atoms. The van der Waals surface area contributed by atoms with Crippen LogP contribution >= 0.6 is 0 Å². The summed E-state index contributed by atoms with van der Waals surface area (Å²) in [5, 5.41) is 3.62. The van der Waals surface area contributed by atoms with Gasteiger partial charge in [0.05, 0.1) is 12.7 Å². The number of ether oxygens (including phenoxy) is 1. The third kappa shape index (κ3) is 4.58. The molecule has 0 atom stereocenters. The largest absolute Gasteiger partial charge is 0.464 e. The molecule has 1 N–H and O–H groups in total. The number of furan rings is 1. The molecule has 2 rings (SSSR count). The van der Waals surface area contributed by atoms with Gasteiger partial charge in [-0.25, -0.2) is 0 Å². The average molecular weight is 317 g/mol. The van der Waals surface area contributed by atoms with Crippen molar-refractivity contribution in [3.8, 4) is 0 Å². The Bertz CT molecular complexity index is 702. The predicted octanol–water partition coefficient (Wildman–Crippen LogP) is 3.05. The number of rotatable bonds is 7. The van der Waals surface area contributed by atoms with Crippen molar-refractivity contribution < 1.29 is 18.7 Å². The highest BCUT2D eigenvalue weighted by Gasteiger charge is 2.13. The third-order valence-electron chi connectivity index (χ3n) is 3.82. The van der Waals surface area contributed by atoms with Gasteiger partial charge >= 0.3 is 5.97 Å². The number of benzene rings is 1. The number of carbonyl (C=O) groups excluding carboxylic acids is 2. The van der Waals surface area contributed by atoms with Crippen LogP contribution in [0.1, 0.15) is 36.5 Å².